The van der Waals surface area contributed by atoms with Gasteiger partial charge in [0.25, 0.3) is 0 Å². The summed E-state index contributed by atoms with van der Waals surface area (Å²) in [6.07, 6.45) is 0. The lowest BCUT2D eigenvalue weighted by molar-refractivity contribution is -0.115. The Morgan fingerprint density at radius 1 is 1.29 bits per heavy atom. The molecule has 21 heavy (non-hydrogen) atoms. The van der Waals surface area contributed by atoms with Crippen LogP contribution in [-0.4, -0.2) is 24.5 Å². The molecule has 0 spiro atoms. The van der Waals surface area contributed by atoms with E-state index in [1.807, 2.05) is 24.3 Å². The van der Waals surface area contributed by atoms with Crippen LogP contribution in [-0.2, 0) is 4.79 Å². The maximum absolute atomic E-state index is 12.0. The van der Waals surface area contributed by atoms with Crippen LogP contribution in [0.1, 0.15) is 27.7 Å². The molecule has 4 nitrogen and oxygen atoms in total. The molecule has 1 aromatic rings. The molecule has 0 saturated heterocycles. The summed E-state index contributed by atoms with van der Waals surface area (Å²) in [4.78, 5) is 14.2. The van der Waals surface area contributed by atoms with Crippen LogP contribution in [0, 0.1) is 5.92 Å². The minimum atomic E-state index is 0.0247. The third-order valence-corrected chi connectivity index (χ3v) is 3.60. The van der Waals surface area contributed by atoms with Crippen molar-refractivity contribution in [2.24, 2.45) is 5.92 Å². The lowest BCUT2D eigenvalue weighted by atomic mass is 9.97. The average Bonchev–Trinajstić information content (AvgIpc) is 2.37. The van der Waals surface area contributed by atoms with Gasteiger partial charge in [-0.1, -0.05) is 32.6 Å². The minimum Gasteiger partial charge on any atom is -0.385 e. The Morgan fingerprint density at radius 2 is 1.95 bits per heavy atom. The number of nitrogens with zero attached hydrogens (tertiary/aromatic N) is 1. The van der Waals surface area contributed by atoms with Crippen molar-refractivity contribution in [3.05, 3.63) is 36.5 Å². The molecule has 1 unspecified atom stereocenters. The number of hydrogen-bond donors (Lipinski definition) is 2. The van der Waals surface area contributed by atoms with E-state index < -0.39 is 0 Å². The molecule has 0 radical (unpaired) electrons. The summed E-state index contributed by atoms with van der Waals surface area (Å²) >= 11 is 0. The van der Waals surface area contributed by atoms with Gasteiger partial charge in [-0.3, -0.25) is 4.79 Å². The molecule has 4 heteroatoms. The molecule has 1 aromatic carbocycles. The van der Waals surface area contributed by atoms with Gasteiger partial charge in [-0.15, -0.1) is 0 Å². The van der Waals surface area contributed by atoms with Gasteiger partial charge in [-0.2, -0.15) is 0 Å². The van der Waals surface area contributed by atoms with Crippen LogP contribution in [0.4, 0.5) is 11.4 Å². The number of para-hydroxylation sites is 2. The molecule has 0 fully saturated rings. The average molecular weight is 287 g/mol. The SMILES string of the molecule is C=C(NC(C)C)C(C(C)C)N1CC(=O)Nc2ccccc21. The first-order valence-corrected chi connectivity index (χ1v) is 7.51. The van der Waals surface area contributed by atoms with E-state index in [0.29, 0.717) is 18.5 Å². The summed E-state index contributed by atoms with van der Waals surface area (Å²) in [5.74, 6) is 0.374. The standard InChI is InChI=1S/C17H25N3O/c1-11(2)17(13(5)18-12(3)4)20-10-16(21)19-14-8-6-7-9-15(14)20/h6-9,11-12,17-18H,5,10H2,1-4H3,(H,19,21). The molecule has 0 bridgehead atoms. The minimum absolute atomic E-state index is 0.0247. The summed E-state index contributed by atoms with van der Waals surface area (Å²) in [6, 6.07) is 8.34. The molecular weight excluding hydrogens is 262 g/mol. The number of fused-ring (bicyclic) bond motifs is 1. The van der Waals surface area contributed by atoms with E-state index in [1.54, 1.807) is 0 Å². The lowest BCUT2D eigenvalue weighted by Gasteiger charge is -2.41. The summed E-state index contributed by atoms with van der Waals surface area (Å²) in [6.45, 7) is 13.1. The molecule has 1 aliphatic heterocycles. The van der Waals surface area contributed by atoms with Gasteiger partial charge in [0.05, 0.1) is 24.0 Å². The highest BCUT2D eigenvalue weighted by Gasteiger charge is 2.31. The normalized spacial score (nSPS) is 15.7. The fourth-order valence-electron chi connectivity index (χ4n) is 2.91. The molecule has 1 atom stereocenters. The Morgan fingerprint density at radius 3 is 2.57 bits per heavy atom. The summed E-state index contributed by atoms with van der Waals surface area (Å²) in [5.41, 5.74) is 2.89. The van der Waals surface area contributed by atoms with Crippen molar-refractivity contribution in [2.75, 3.05) is 16.8 Å². The van der Waals surface area contributed by atoms with Crippen LogP contribution < -0.4 is 15.5 Å². The second-order valence-electron chi connectivity index (χ2n) is 6.21. The van der Waals surface area contributed by atoms with Gasteiger partial charge < -0.3 is 15.5 Å². The van der Waals surface area contributed by atoms with Gasteiger partial charge in [0.1, 0.15) is 0 Å². The molecule has 0 aromatic heterocycles. The van der Waals surface area contributed by atoms with E-state index >= 15 is 0 Å². The highest BCUT2D eigenvalue weighted by molar-refractivity contribution is 6.01. The number of nitrogens with one attached hydrogen (secondary N) is 2. The molecule has 2 N–H and O–H groups in total. The summed E-state index contributed by atoms with van der Waals surface area (Å²) < 4.78 is 0. The van der Waals surface area contributed by atoms with Crippen molar-refractivity contribution in [1.29, 1.82) is 0 Å². The Kier molecular flexibility index (Phi) is 4.56. The number of rotatable bonds is 5. The number of anilines is 2. The maximum atomic E-state index is 12.0. The van der Waals surface area contributed by atoms with Crippen LogP contribution in [0.15, 0.2) is 36.5 Å². The fourth-order valence-corrected chi connectivity index (χ4v) is 2.91. The van der Waals surface area contributed by atoms with E-state index in [1.165, 1.54) is 0 Å². The van der Waals surface area contributed by atoms with Crippen LogP contribution >= 0.6 is 0 Å². The smallest absolute Gasteiger partial charge is 0.243 e. The van der Waals surface area contributed by atoms with Gasteiger partial charge in [0.2, 0.25) is 5.91 Å². The van der Waals surface area contributed by atoms with Gasteiger partial charge >= 0.3 is 0 Å². The van der Waals surface area contributed by atoms with Crippen LogP contribution in [0.3, 0.4) is 0 Å². The van der Waals surface area contributed by atoms with Gasteiger partial charge in [-0.05, 0) is 31.9 Å². The fraction of sp³-hybridized carbons (Fsp3) is 0.471. The highest BCUT2D eigenvalue weighted by atomic mass is 16.2. The number of carbonyl (C=O) groups excluding carboxylic acids is 1. The molecule has 1 heterocycles. The highest BCUT2D eigenvalue weighted by Crippen LogP contribution is 2.33. The van der Waals surface area contributed by atoms with Crippen molar-refractivity contribution in [1.82, 2.24) is 5.32 Å². The second kappa shape index (κ2) is 6.20. The van der Waals surface area contributed by atoms with E-state index in [4.69, 9.17) is 0 Å². The molecule has 2 rings (SSSR count). The first-order valence-electron chi connectivity index (χ1n) is 7.51. The number of amides is 1. The predicted octanol–water partition coefficient (Wildman–Crippen LogP) is 2.98. The first kappa shape index (κ1) is 15.4. The Hall–Kier alpha value is -1.97. The zero-order chi connectivity index (χ0) is 15.6. The van der Waals surface area contributed by atoms with Crippen LogP contribution in [0.2, 0.25) is 0 Å². The number of carbonyl (C=O) groups is 1. The molecule has 1 aliphatic rings. The van der Waals surface area contributed by atoms with E-state index in [0.717, 1.165) is 17.1 Å². The third kappa shape index (κ3) is 3.38. The second-order valence-corrected chi connectivity index (χ2v) is 6.21. The molecule has 0 aliphatic carbocycles. The topological polar surface area (TPSA) is 44.4 Å². The van der Waals surface area contributed by atoms with Crippen molar-refractivity contribution in [2.45, 2.75) is 39.8 Å². The van der Waals surface area contributed by atoms with Gasteiger partial charge in [0, 0.05) is 11.7 Å². The van der Waals surface area contributed by atoms with Crippen LogP contribution in [0.5, 0.6) is 0 Å². The van der Waals surface area contributed by atoms with Crippen molar-refractivity contribution in [3.63, 3.8) is 0 Å². The van der Waals surface area contributed by atoms with Crippen molar-refractivity contribution < 1.29 is 4.79 Å². The van der Waals surface area contributed by atoms with E-state index in [2.05, 4.69) is 49.8 Å². The Balaban J connectivity index is 2.36. The third-order valence-electron chi connectivity index (χ3n) is 3.60. The van der Waals surface area contributed by atoms with Crippen molar-refractivity contribution in [3.8, 4) is 0 Å². The van der Waals surface area contributed by atoms with Gasteiger partial charge in [0.15, 0.2) is 0 Å². The zero-order valence-corrected chi connectivity index (χ0v) is 13.3. The summed E-state index contributed by atoms with van der Waals surface area (Å²) in [5, 5.41) is 6.33. The Labute approximate surface area is 127 Å². The number of benzene rings is 1. The largest absolute Gasteiger partial charge is 0.385 e. The molecule has 1 amide bonds. The van der Waals surface area contributed by atoms with Crippen molar-refractivity contribution >= 4 is 17.3 Å². The molecule has 0 saturated carbocycles. The first-order chi connectivity index (χ1) is 9.90. The van der Waals surface area contributed by atoms with E-state index in [-0.39, 0.29) is 11.9 Å². The molecule has 114 valence electrons. The maximum Gasteiger partial charge on any atom is 0.243 e. The monoisotopic (exact) mass is 287 g/mol. The van der Waals surface area contributed by atoms with E-state index in [9.17, 15) is 4.79 Å². The van der Waals surface area contributed by atoms with Gasteiger partial charge in [-0.25, -0.2) is 0 Å². The van der Waals surface area contributed by atoms with Crippen LogP contribution in [0.25, 0.3) is 0 Å². The Bertz CT molecular complexity index is 537. The zero-order valence-electron chi connectivity index (χ0n) is 13.3. The molecular formula is C17H25N3O. The summed E-state index contributed by atoms with van der Waals surface area (Å²) in [7, 11) is 0. The number of hydrogen-bond acceptors (Lipinski definition) is 3. The quantitative estimate of drug-likeness (QED) is 0.875. The lowest BCUT2D eigenvalue weighted by Crippen LogP contribution is -2.50. The predicted molar refractivity (Wildman–Crippen MR) is 88.5 cm³/mol.